The van der Waals surface area contributed by atoms with E-state index in [2.05, 4.69) is 5.10 Å². The highest BCUT2D eigenvalue weighted by molar-refractivity contribution is 5.95. The third-order valence-electron chi connectivity index (χ3n) is 3.78. The molecule has 2 aromatic rings. The van der Waals surface area contributed by atoms with Crippen LogP contribution in [0.25, 0.3) is 0 Å². The normalized spacial score (nSPS) is 10.4. The number of amides is 1. The van der Waals surface area contributed by atoms with Crippen molar-refractivity contribution in [2.24, 2.45) is 7.05 Å². The van der Waals surface area contributed by atoms with Crippen molar-refractivity contribution in [3.05, 3.63) is 35.2 Å². The Bertz CT molecular complexity index is 714. The lowest BCUT2D eigenvalue weighted by molar-refractivity contribution is 0.0784. The highest BCUT2D eigenvalue weighted by Gasteiger charge is 2.20. The Balaban J connectivity index is 2.29. The van der Waals surface area contributed by atoms with Gasteiger partial charge in [-0.3, -0.25) is 9.48 Å². The average Bonchev–Trinajstić information content (AvgIpc) is 2.89. The van der Waals surface area contributed by atoms with Crippen LogP contribution in [0.15, 0.2) is 18.3 Å². The molecule has 0 unspecified atom stereocenters. The lowest BCUT2D eigenvalue weighted by atomic mass is 10.1. The standard InChI is InChI=1S/C17H23N3O4/c1-11-13(10-20(3)18-11)9-19(2)17(21)12-7-14(22-4)16(24-6)15(8-12)23-5/h7-8,10H,9H2,1-6H3. The number of carbonyl (C=O) groups is 1. The molecule has 0 saturated heterocycles. The van der Waals surface area contributed by atoms with Crippen LogP contribution in [0.3, 0.4) is 0 Å². The summed E-state index contributed by atoms with van der Waals surface area (Å²) in [6.07, 6.45) is 1.91. The largest absolute Gasteiger partial charge is 0.493 e. The molecule has 0 N–H and O–H groups in total. The smallest absolute Gasteiger partial charge is 0.254 e. The van der Waals surface area contributed by atoms with Crippen LogP contribution in [-0.2, 0) is 13.6 Å². The molecule has 24 heavy (non-hydrogen) atoms. The van der Waals surface area contributed by atoms with Gasteiger partial charge in [-0.25, -0.2) is 0 Å². The van der Waals surface area contributed by atoms with E-state index in [0.717, 1.165) is 11.3 Å². The van der Waals surface area contributed by atoms with Gasteiger partial charge in [0.15, 0.2) is 11.5 Å². The summed E-state index contributed by atoms with van der Waals surface area (Å²) in [6, 6.07) is 3.30. The molecular formula is C17H23N3O4. The van der Waals surface area contributed by atoms with E-state index in [1.165, 1.54) is 21.3 Å². The first-order chi connectivity index (χ1) is 11.4. The van der Waals surface area contributed by atoms with Crippen molar-refractivity contribution in [3.63, 3.8) is 0 Å². The molecule has 0 radical (unpaired) electrons. The van der Waals surface area contributed by atoms with Crippen molar-refractivity contribution < 1.29 is 19.0 Å². The SMILES string of the molecule is COc1cc(C(=O)N(C)Cc2cn(C)nc2C)cc(OC)c1OC. The van der Waals surface area contributed by atoms with E-state index >= 15 is 0 Å². The van der Waals surface area contributed by atoms with Gasteiger partial charge in [0.05, 0.1) is 27.0 Å². The zero-order valence-corrected chi connectivity index (χ0v) is 14.9. The zero-order valence-electron chi connectivity index (χ0n) is 14.9. The highest BCUT2D eigenvalue weighted by atomic mass is 16.5. The number of nitrogens with zero attached hydrogens (tertiary/aromatic N) is 3. The number of aromatic nitrogens is 2. The second-order valence-electron chi connectivity index (χ2n) is 5.49. The molecule has 130 valence electrons. The van der Waals surface area contributed by atoms with Crippen LogP contribution < -0.4 is 14.2 Å². The van der Waals surface area contributed by atoms with Gasteiger partial charge in [-0.15, -0.1) is 0 Å². The molecule has 1 aromatic heterocycles. The van der Waals surface area contributed by atoms with Crippen molar-refractivity contribution in [2.75, 3.05) is 28.4 Å². The van der Waals surface area contributed by atoms with Gasteiger partial charge in [0, 0.05) is 38.0 Å². The predicted molar refractivity (Wildman–Crippen MR) is 89.8 cm³/mol. The van der Waals surface area contributed by atoms with Crippen LogP contribution in [0.5, 0.6) is 17.2 Å². The Morgan fingerprint density at radius 1 is 1.17 bits per heavy atom. The summed E-state index contributed by atoms with van der Waals surface area (Å²) in [5, 5.41) is 4.30. The molecule has 0 saturated carbocycles. The van der Waals surface area contributed by atoms with E-state index < -0.39 is 0 Å². The fraction of sp³-hybridized carbons (Fsp3) is 0.412. The van der Waals surface area contributed by atoms with Gasteiger partial charge in [-0.1, -0.05) is 0 Å². The maximum Gasteiger partial charge on any atom is 0.254 e. The van der Waals surface area contributed by atoms with E-state index in [-0.39, 0.29) is 5.91 Å². The first-order valence-electron chi connectivity index (χ1n) is 7.45. The summed E-state index contributed by atoms with van der Waals surface area (Å²) >= 11 is 0. The predicted octanol–water partition coefficient (Wildman–Crippen LogP) is 2.03. The summed E-state index contributed by atoms with van der Waals surface area (Å²) in [6.45, 7) is 2.39. The zero-order chi connectivity index (χ0) is 17.9. The summed E-state index contributed by atoms with van der Waals surface area (Å²) in [4.78, 5) is 14.4. The highest BCUT2D eigenvalue weighted by Crippen LogP contribution is 2.38. The Morgan fingerprint density at radius 3 is 2.17 bits per heavy atom. The molecule has 0 aliphatic heterocycles. The average molecular weight is 333 g/mol. The Labute approximate surface area is 141 Å². The summed E-state index contributed by atoms with van der Waals surface area (Å²) < 4.78 is 17.6. The van der Waals surface area contributed by atoms with Crippen molar-refractivity contribution >= 4 is 5.91 Å². The van der Waals surface area contributed by atoms with Gasteiger partial charge in [-0.05, 0) is 19.1 Å². The minimum absolute atomic E-state index is 0.141. The van der Waals surface area contributed by atoms with Crippen molar-refractivity contribution in [1.29, 1.82) is 0 Å². The number of benzene rings is 1. The van der Waals surface area contributed by atoms with Crippen LogP contribution in [0.1, 0.15) is 21.6 Å². The molecule has 2 rings (SSSR count). The Morgan fingerprint density at radius 2 is 1.75 bits per heavy atom. The molecule has 7 nitrogen and oxygen atoms in total. The van der Waals surface area contributed by atoms with Gasteiger partial charge >= 0.3 is 0 Å². The molecule has 0 atom stereocenters. The number of carbonyl (C=O) groups excluding carboxylic acids is 1. The second-order valence-corrected chi connectivity index (χ2v) is 5.49. The van der Waals surface area contributed by atoms with Crippen molar-refractivity contribution in [1.82, 2.24) is 14.7 Å². The van der Waals surface area contributed by atoms with Gasteiger partial charge < -0.3 is 19.1 Å². The van der Waals surface area contributed by atoms with Crippen LogP contribution in [0, 0.1) is 6.92 Å². The van der Waals surface area contributed by atoms with Gasteiger partial charge in [-0.2, -0.15) is 5.10 Å². The Hall–Kier alpha value is -2.70. The van der Waals surface area contributed by atoms with Crippen LogP contribution in [-0.4, -0.2) is 49.0 Å². The molecule has 0 bridgehead atoms. The lowest BCUT2D eigenvalue weighted by Gasteiger charge is -2.19. The Kier molecular flexibility index (Phi) is 5.33. The van der Waals surface area contributed by atoms with E-state index in [0.29, 0.717) is 29.4 Å². The van der Waals surface area contributed by atoms with E-state index in [9.17, 15) is 4.79 Å². The lowest BCUT2D eigenvalue weighted by Crippen LogP contribution is -2.26. The number of aryl methyl sites for hydroxylation is 2. The van der Waals surface area contributed by atoms with Crippen LogP contribution in [0.2, 0.25) is 0 Å². The molecule has 1 heterocycles. The van der Waals surface area contributed by atoms with Crippen LogP contribution >= 0.6 is 0 Å². The maximum absolute atomic E-state index is 12.7. The van der Waals surface area contributed by atoms with Crippen molar-refractivity contribution in [2.45, 2.75) is 13.5 Å². The maximum atomic E-state index is 12.7. The molecule has 0 fully saturated rings. The molecular weight excluding hydrogens is 310 g/mol. The van der Waals surface area contributed by atoms with Gasteiger partial charge in [0.2, 0.25) is 5.75 Å². The van der Waals surface area contributed by atoms with Crippen LogP contribution in [0.4, 0.5) is 0 Å². The summed E-state index contributed by atoms with van der Waals surface area (Å²) in [5.41, 5.74) is 2.37. The molecule has 0 aliphatic rings. The van der Waals surface area contributed by atoms with Crippen molar-refractivity contribution in [3.8, 4) is 17.2 Å². The molecule has 1 aromatic carbocycles. The minimum atomic E-state index is -0.141. The number of rotatable bonds is 6. The third-order valence-corrected chi connectivity index (χ3v) is 3.78. The first kappa shape index (κ1) is 17.7. The molecule has 7 heteroatoms. The third kappa shape index (κ3) is 3.45. The molecule has 0 aliphatic carbocycles. The fourth-order valence-electron chi connectivity index (χ4n) is 2.56. The van der Waals surface area contributed by atoms with Gasteiger partial charge in [0.25, 0.3) is 5.91 Å². The van der Waals surface area contributed by atoms with E-state index in [1.807, 2.05) is 20.2 Å². The topological polar surface area (TPSA) is 65.8 Å². The molecule has 0 spiro atoms. The fourth-order valence-corrected chi connectivity index (χ4v) is 2.56. The number of hydrogen-bond acceptors (Lipinski definition) is 5. The van der Waals surface area contributed by atoms with E-state index in [1.54, 1.807) is 28.8 Å². The quantitative estimate of drug-likeness (QED) is 0.809. The minimum Gasteiger partial charge on any atom is -0.493 e. The van der Waals surface area contributed by atoms with E-state index in [4.69, 9.17) is 14.2 Å². The monoisotopic (exact) mass is 333 g/mol. The van der Waals surface area contributed by atoms with Gasteiger partial charge in [0.1, 0.15) is 0 Å². The summed E-state index contributed by atoms with van der Waals surface area (Å²) in [7, 11) is 8.18. The molecule has 1 amide bonds. The number of hydrogen-bond donors (Lipinski definition) is 0. The summed E-state index contributed by atoms with van der Waals surface area (Å²) in [5.74, 6) is 1.22. The number of methoxy groups -OCH3 is 3. The first-order valence-corrected chi connectivity index (χ1v) is 7.45. The number of ether oxygens (including phenoxy) is 3. The second kappa shape index (κ2) is 7.25.